The van der Waals surface area contributed by atoms with Gasteiger partial charge in [0.1, 0.15) is 18.5 Å². The zero-order valence-corrected chi connectivity index (χ0v) is 20.8. The molecule has 2 atom stereocenters. The minimum absolute atomic E-state index is 0.0825. The predicted octanol–water partition coefficient (Wildman–Crippen LogP) is 4.03. The summed E-state index contributed by atoms with van der Waals surface area (Å²) >= 11 is 0. The van der Waals surface area contributed by atoms with Crippen molar-refractivity contribution in [3.63, 3.8) is 0 Å². The highest BCUT2D eigenvalue weighted by atomic mass is 32.2. The Balaban J connectivity index is 1.69. The Morgan fingerprint density at radius 1 is 1.12 bits per heavy atom. The number of hydrogen-bond acceptors (Lipinski definition) is 5. The molecule has 2 aromatic carbocycles. The van der Waals surface area contributed by atoms with Crippen LogP contribution in [0.3, 0.4) is 0 Å². The number of sulfone groups is 1. The van der Waals surface area contributed by atoms with Crippen LogP contribution in [0.2, 0.25) is 0 Å². The monoisotopic (exact) mass is 459 g/mol. The molecule has 0 aromatic heterocycles. The van der Waals surface area contributed by atoms with Gasteiger partial charge in [-0.15, -0.1) is 0 Å². The van der Waals surface area contributed by atoms with E-state index in [1.54, 1.807) is 0 Å². The van der Waals surface area contributed by atoms with Gasteiger partial charge in [0.25, 0.3) is 0 Å². The smallest absolute Gasteiger partial charge is 0.151 e. The highest BCUT2D eigenvalue weighted by Gasteiger charge is 2.33. The third-order valence-electron chi connectivity index (χ3n) is 6.36. The molecular weight excluding hydrogens is 422 g/mol. The molecule has 5 nitrogen and oxygen atoms in total. The van der Waals surface area contributed by atoms with Crippen LogP contribution in [0.25, 0.3) is 0 Å². The van der Waals surface area contributed by atoms with Crippen LogP contribution in [0.5, 0.6) is 5.75 Å². The second kappa shape index (κ2) is 9.94. The molecule has 1 N–H and O–H groups in total. The molecule has 0 amide bonds. The van der Waals surface area contributed by atoms with Crippen molar-refractivity contribution in [2.24, 2.45) is 0 Å². The summed E-state index contributed by atoms with van der Waals surface area (Å²) in [6.45, 7) is 11.7. The number of ether oxygens (including phenoxy) is 1. The quantitative estimate of drug-likeness (QED) is 0.646. The van der Waals surface area contributed by atoms with Gasteiger partial charge in [-0.1, -0.05) is 57.2 Å². The van der Waals surface area contributed by atoms with Gasteiger partial charge < -0.3 is 9.84 Å². The van der Waals surface area contributed by atoms with Gasteiger partial charge >= 0.3 is 0 Å². The van der Waals surface area contributed by atoms with Crippen LogP contribution < -0.4 is 4.74 Å². The standard InChI is InChI=1S/C26H37NO4S/c1-19-7-6-8-25(20(19)2)31-17-24(28)16-27(23-13-14-32(29,30)18-23)15-21-9-11-22(12-10-21)26(3,4)5/h6-12,23-24,28H,13-18H2,1-5H3. The van der Waals surface area contributed by atoms with Crippen molar-refractivity contribution in [2.75, 3.05) is 24.7 Å². The van der Waals surface area contributed by atoms with E-state index in [2.05, 4.69) is 49.9 Å². The number of rotatable bonds is 8. The molecule has 1 fully saturated rings. The van der Waals surface area contributed by atoms with Crippen molar-refractivity contribution in [3.8, 4) is 5.75 Å². The lowest BCUT2D eigenvalue weighted by Gasteiger charge is -2.30. The van der Waals surface area contributed by atoms with Crippen molar-refractivity contribution in [1.82, 2.24) is 4.90 Å². The molecule has 2 aromatic rings. The predicted molar refractivity (Wildman–Crippen MR) is 130 cm³/mol. The van der Waals surface area contributed by atoms with Crippen LogP contribution in [-0.2, 0) is 21.8 Å². The van der Waals surface area contributed by atoms with Crippen LogP contribution >= 0.6 is 0 Å². The summed E-state index contributed by atoms with van der Waals surface area (Å²) in [5.74, 6) is 1.14. The van der Waals surface area contributed by atoms with Gasteiger partial charge in [0, 0.05) is 19.1 Å². The number of aryl methyl sites for hydroxylation is 1. The Labute approximate surface area is 193 Å². The maximum absolute atomic E-state index is 12.1. The van der Waals surface area contributed by atoms with Crippen molar-refractivity contribution in [2.45, 2.75) is 65.1 Å². The molecule has 1 heterocycles. The van der Waals surface area contributed by atoms with Crippen molar-refractivity contribution in [1.29, 1.82) is 0 Å². The molecule has 6 heteroatoms. The highest BCUT2D eigenvalue weighted by Crippen LogP contribution is 2.25. The van der Waals surface area contributed by atoms with Gasteiger partial charge in [-0.25, -0.2) is 8.42 Å². The van der Waals surface area contributed by atoms with E-state index in [9.17, 15) is 13.5 Å². The van der Waals surface area contributed by atoms with Crippen LogP contribution in [0.1, 0.15) is 49.4 Å². The van der Waals surface area contributed by atoms with Crippen LogP contribution in [0.4, 0.5) is 0 Å². The minimum atomic E-state index is -3.01. The summed E-state index contributed by atoms with van der Waals surface area (Å²) in [7, 11) is -3.01. The zero-order valence-electron chi connectivity index (χ0n) is 20.0. The molecule has 176 valence electrons. The number of aliphatic hydroxyl groups excluding tert-OH is 1. The molecule has 0 saturated carbocycles. The van der Waals surface area contributed by atoms with Crippen LogP contribution in [0, 0.1) is 13.8 Å². The topological polar surface area (TPSA) is 66.8 Å². The largest absolute Gasteiger partial charge is 0.491 e. The maximum atomic E-state index is 12.1. The Kier molecular flexibility index (Phi) is 7.69. The molecule has 0 bridgehead atoms. The average Bonchev–Trinajstić information content (AvgIpc) is 3.08. The van der Waals surface area contributed by atoms with E-state index in [1.807, 2.05) is 32.0 Å². The molecular formula is C26H37NO4S. The summed E-state index contributed by atoms with van der Waals surface area (Å²) in [6, 6.07) is 14.3. The van der Waals surface area contributed by atoms with E-state index in [4.69, 9.17) is 4.74 Å². The zero-order chi connectivity index (χ0) is 23.5. The maximum Gasteiger partial charge on any atom is 0.151 e. The summed E-state index contributed by atoms with van der Waals surface area (Å²) in [6.07, 6.45) is -0.112. The highest BCUT2D eigenvalue weighted by molar-refractivity contribution is 7.91. The fourth-order valence-corrected chi connectivity index (χ4v) is 5.90. The number of hydrogen-bond donors (Lipinski definition) is 1. The lowest BCUT2D eigenvalue weighted by atomic mass is 9.86. The molecule has 1 aliphatic heterocycles. The lowest BCUT2D eigenvalue weighted by molar-refractivity contribution is 0.0522. The minimum Gasteiger partial charge on any atom is -0.491 e. The third-order valence-corrected chi connectivity index (χ3v) is 8.11. The molecule has 1 aliphatic rings. The van der Waals surface area contributed by atoms with Gasteiger partial charge in [-0.05, 0) is 54.0 Å². The van der Waals surface area contributed by atoms with Crippen molar-refractivity contribution < 1.29 is 18.3 Å². The molecule has 3 rings (SSSR count). The Morgan fingerprint density at radius 2 is 1.81 bits per heavy atom. The number of nitrogens with zero attached hydrogens (tertiary/aromatic N) is 1. The summed E-state index contributed by atoms with van der Waals surface area (Å²) < 4.78 is 30.1. The summed E-state index contributed by atoms with van der Waals surface area (Å²) in [4.78, 5) is 2.10. The number of benzene rings is 2. The Hall–Kier alpha value is -1.89. The van der Waals surface area contributed by atoms with Crippen LogP contribution in [0.15, 0.2) is 42.5 Å². The Morgan fingerprint density at radius 3 is 2.41 bits per heavy atom. The van der Waals surface area contributed by atoms with Crippen molar-refractivity contribution in [3.05, 3.63) is 64.7 Å². The van der Waals surface area contributed by atoms with Gasteiger partial charge in [0.2, 0.25) is 0 Å². The molecule has 32 heavy (non-hydrogen) atoms. The lowest BCUT2D eigenvalue weighted by Crippen LogP contribution is -2.42. The van der Waals surface area contributed by atoms with Crippen LogP contribution in [-0.4, -0.2) is 55.2 Å². The van der Waals surface area contributed by atoms with Crippen molar-refractivity contribution >= 4 is 9.84 Å². The van der Waals surface area contributed by atoms with Gasteiger partial charge in [-0.3, -0.25) is 4.90 Å². The van der Waals surface area contributed by atoms with Gasteiger partial charge in [0.05, 0.1) is 11.5 Å². The second-order valence-electron chi connectivity index (χ2n) is 10.1. The second-order valence-corrected chi connectivity index (χ2v) is 12.3. The normalized spacial score (nSPS) is 19.3. The van der Waals surface area contributed by atoms with E-state index in [0.29, 0.717) is 19.5 Å². The number of aliphatic hydroxyl groups is 1. The molecule has 0 aliphatic carbocycles. The average molecular weight is 460 g/mol. The molecule has 1 saturated heterocycles. The molecule has 0 spiro atoms. The first kappa shape index (κ1) is 24.7. The third kappa shape index (κ3) is 6.56. The van der Waals surface area contributed by atoms with E-state index >= 15 is 0 Å². The SMILES string of the molecule is Cc1cccc(OCC(O)CN(Cc2ccc(C(C)(C)C)cc2)C2CCS(=O)(=O)C2)c1C. The van der Waals surface area contributed by atoms with E-state index in [-0.39, 0.29) is 29.6 Å². The van der Waals surface area contributed by atoms with Gasteiger partial charge in [-0.2, -0.15) is 0 Å². The molecule has 0 radical (unpaired) electrons. The van der Waals surface area contributed by atoms with E-state index < -0.39 is 15.9 Å². The Bertz CT molecular complexity index is 1010. The first-order valence-corrected chi connectivity index (χ1v) is 13.2. The fourth-order valence-electron chi connectivity index (χ4n) is 4.14. The molecule has 2 unspecified atom stereocenters. The first-order chi connectivity index (χ1) is 14.9. The van der Waals surface area contributed by atoms with E-state index in [0.717, 1.165) is 22.4 Å². The summed E-state index contributed by atoms with van der Waals surface area (Å²) in [5.41, 5.74) is 4.67. The fraction of sp³-hybridized carbons (Fsp3) is 0.538. The van der Waals surface area contributed by atoms with Gasteiger partial charge in [0.15, 0.2) is 9.84 Å². The van der Waals surface area contributed by atoms with E-state index in [1.165, 1.54) is 5.56 Å². The summed E-state index contributed by atoms with van der Waals surface area (Å²) in [5, 5.41) is 10.7. The first-order valence-electron chi connectivity index (χ1n) is 11.4.